The van der Waals surface area contributed by atoms with Gasteiger partial charge in [0.1, 0.15) is 0 Å². The van der Waals surface area contributed by atoms with Gasteiger partial charge < -0.3 is 0 Å². The summed E-state index contributed by atoms with van der Waals surface area (Å²) < 4.78 is 0. The summed E-state index contributed by atoms with van der Waals surface area (Å²) >= 11 is 1.76. The maximum Gasteiger partial charge on any atom is 0.167 e. The first-order valence-corrected chi connectivity index (χ1v) is 10.7. The number of benzene rings is 2. The Labute approximate surface area is 164 Å². The predicted molar refractivity (Wildman–Crippen MR) is 111 cm³/mol. The normalized spacial score (nSPS) is 19.7. The summed E-state index contributed by atoms with van der Waals surface area (Å²) in [5.41, 5.74) is 3.74. The summed E-state index contributed by atoms with van der Waals surface area (Å²) in [5.74, 6) is 0.432. The lowest BCUT2D eigenvalue weighted by molar-refractivity contribution is 0.0814. The fraction of sp³-hybridized carbons (Fsp3) is 0.391. The summed E-state index contributed by atoms with van der Waals surface area (Å²) in [6.07, 6.45) is 6.29. The van der Waals surface area contributed by atoms with Crippen LogP contribution in [-0.4, -0.2) is 28.8 Å². The zero-order valence-corrected chi connectivity index (χ0v) is 16.5. The number of nitrogens with zero attached hydrogens (tertiary/aromatic N) is 2. The van der Waals surface area contributed by atoms with Gasteiger partial charge in [0.05, 0.1) is 5.01 Å². The van der Waals surface area contributed by atoms with Crippen LogP contribution in [0.1, 0.15) is 44.2 Å². The number of likely N-dealkylation sites (tertiary alicyclic amines) is 1. The molecule has 0 unspecified atom stereocenters. The topological polar surface area (TPSA) is 33.2 Å². The monoisotopic (exact) mass is 376 g/mol. The third-order valence-electron chi connectivity index (χ3n) is 6.07. The minimum absolute atomic E-state index is 0.103. The van der Waals surface area contributed by atoms with Gasteiger partial charge in [-0.25, -0.2) is 4.98 Å². The van der Waals surface area contributed by atoms with E-state index in [1.165, 1.54) is 26.8 Å². The number of Topliss-reactive ketones (excluding diaryl/α,β-unsaturated/α-hetero) is 1. The molecule has 1 aromatic heterocycles. The van der Waals surface area contributed by atoms with Gasteiger partial charge in [-0.1, -0.05) is 30.3 Å². The minimum Gasteiger partial charge on any atom is -0.297 e. The molecule has 1 aliphatic heterocycles. The van der Waals surface area contributed by atoms with E-state index in [2.05, 4.69) is 40.2 Å². The molecule has 2 aliphatic rings. The van der Waals surface area contributed by atoms with Crippen molar-refractivity contribution < 1.29 is 4.79 Å². The SMILES string of the molecule is Cc1ncc(CN2CCC[C@H](C(=O)c3ccc4c5c(cccc35)CC4)C2)s1. The number of rotatable bonds is 4. The smallest absolute Gasteiger partial charge is 0.167 e. The van der Waals surface area contributed by atoms with E-state index >= 15 is 0 Å². The molecule has 1 fully saturated rings. The van der Waals surface area contributed by atoms with Gasteiger partial charge in [-0.2, -0.15) is 0 Å². The summed E-state index contributed by atoms with van der Waals surface area (Å²) in [7, 11) is 0. The van der Waals surface area contributed by atoms with E-state index in [9.17, 15) is 4.79 Å². The van der Waals surface area contributed by atoms with Gasteiger partial charge >= 0.3 is 0 Å². The molecule has 3 nitrogen and oxygen atoms in total. The first-order chi connectivity index (χ1) is 13.2. The molecule has 0 spiro atoms. The van der Waals surface area contributed by atoms with Gasteiger partial charge in [0.25, 0.3) is 0 Å². The minimum atomic E-state index is 0.103. The van der Waals surface area contributed by atoms with Crippen molar-refractivity contribution in [2.45, 2.75) is 39.2 Å². The molecular formula is C23H24N2OS. The number of hydrogen-bond donors (Lipinski definition) is 0. The summed E-state index contributed by atoms with van der Waals surface area (Å²) in [4.78, 5) is 21.5. The van der Waals surface area contributed by atoms with Crippen LogP contribution in [0.5, 0.6) is 0 Å². The molecule has 27 heavy (non-hydrogen) atoms. The highest BCUT2D eigenvalue weighted by Gasteiger charge is 2.28. The van der Waals surface area contributed by atoms with Crippen LogP contribution in [0.2, 0.25) is 0 Å². The predicted octanol–water partition coefficient (Wildman–Crippen LogP) is 4.80. The molecule has 3 aromatic rings. The third kappa shape index (κ3) is 3.11. The Morgan fingerprint density at radius 1 is 1.22 bits per heavy atom. The number of carbonyl (C=O) groups is 1. The maximum absolute atomic E-state index is 13.4. The summed E-state index contributed by atoms with van der Waals surface area (Å²) in [6.45, 7) is 4.90. The van der Waals surface area contributed by atoms with Crippen LogP contribution in [0.4, 0.5) is 0 Å². The number of thiazole rings is 1. The lowest BCUT2D eigenvalue weighted by Crippen LogP contribution is -2.38. The zero-order chi connectivity index (χ0) is 18.4. The molecule has 0 saturated carbocycles. The number of hydrogen-bond acceptors (Lipinski definition) is 4. The van der Waals surface area contributed by atoms with Gasteiger partial charge in [-0.05, 0) is 61.1 Å². The van der Waals surface area contributed by atoms with Crippen molar-refractivity contribution >= 4 is 27.9 Å². The van der Waals surface area contributed by atoms with Gasteiger partial charge in [0.15, 0.2) is 5.78 Å². The van der Waals surface area contributed by atoms with Crippen molar-refractivity contribution in [2.75, 3.05) is 13.1 Å². The van der Waals surface area contributed by atoms with E-state index in [-0.39, 0.29) is 5.92 Å². The molecule has 0 radical (unpaired) electrons. The van der Waals surface area contributed by atoms with Crippen LogP contribution in [0.3, 0.4) is 0 Å². The largest absolute Gasteiger partial charge is 0.297 e. The number of aryl methyl sites for hydroxylation is 3. The Bertz CT molecular complexity index is 1010. The van der Waals surface area contributed by atoms with Crippen LogP contribution in [0.15, 0.2) is 36.5 Å². The van der Waals surface area contributed by atoms with E-state index in [4.69, 9.17) is 0 Å². The summed E-state index contributed by atoms with van der Waals surface area (Å²) in [5, 5.41) is 3.63. The van der Waals surface area contributed by atoms with E-state index in [0.717, 1.165) is 55.9 Å². The van der Waals surface area contributed by atoms with Gasteiger partial charge in [0, 0.05) is 35.6 Å². The van der Waals surface area contributed by atoms with Crippen LogP contribution < -0.4 is 0 Å². The van der Waals surface area contributed by atoms with E-state index in [1.54, 1.807) is 11.3 Å². The maximum atomic E-state index is 13.4. The van der Waals surface area contributed by atoms with Crippen molar-refractivity contribution in [3.8, 4) is 0 Å². The van der Waals surface area contributed by atoms with Crippen molar-refractivity contribution in [3.63, 3.8) is 0 Å². The Morgan fingerprint density at radius 2 is 2.07 bits per heavy atom. The van der Waals surface area contributed by atoms with Crippen molar-refractivity contribution in [1.29, 1.82) is 0 Å². The average molecular weight is 377 g/mol. The van der Waals surface area contributed by atoms with Crippen LogP contribution in [-0.2, 0) is 19.4 Å². The quantitative estimate of drug-likeness (QED) is 0.613. The molecule has 0 N–H and O–H groups in total. The van der Waals surface area contributed by atoms with Crippen molar-refractivity contribution in [1.82, 2.24) is 9.88 Å². The highest BCUT2D eigenvalue weighted by atomic mass is 32.1. The third-order valence-corrected chi connectivity index (χ3v) is 6.96. The lowest BCUT2D eigenvalue weighted by Gasteiger charge is -2.31. The second-order valence-electron chi connectivity index (χ2n) is 7.90. The van der Waals surface area contributed by atoms with Gasteiger partial charge in [-0.3, -0.25) is 9.69 Å². The number of carbonyl (C=O) groups excluding carboxylic acids is 1. The Kier molecular flexibility index (Phi) is 4.33. The molecule has 5 rings (SSSR count). The van der Waals surface area contributed by atoms with Gasteiger partial charge in [-0.15, -0.1) is 11.3 Å². The standard InChI is InChI=1S/C23H24N2OS/c1-15-24-12-19(27-15)14-25-11-3-5-18(13-25)23(26)21-10-9-17-8-7-16-4-2-6-20(21)22(16)17/h2,4,6,9-10,12,18H,3,5,7-8,11,13-14H2,1H3/t18-/m0/s1. The highest BCUT2D eigenvalue weighted by molar-refractivity contribution is 7.11. The Morgan fingerprint density at radius 3 is 2.89 bits per heavy atom. The zero-order valence-electron chi connectivity index (χ0n) is 15.7. The van der Waals surface area contributed by atoms with Crippen LogP contribution in [0.25, 0.3) is 10.8 Å². The van der Waals surface area contributed by atoms with Crippen molar-refractivity contribution in [3.05, 3.63) is 63.1 Å². The van der Waals surface area contributed by atoms with Crippen LogP contribution >= 0.6 is 11.3 Å². The lowest BCUT2D eigenvalue weighted by atomic mass is 9.87. The molecule has 138 valence electrons. The fourth-order valence-electron chi connectivity index (χ4n) is 4.79. The highest BCUT2D eigenvalue weighted by Crippen LogP contribution is 2.34. The number of piperidine rings is 1. The first-order valence-electron chi connectivity index (χ1n) is 9.90. The number of ketones is 1. The van der Waals surface area contributed by atoms with E-state index in [1.807, 2.05) is 13.1 Å². The fourth-order valence-corrected chi connectivity index (χ4v) is 5.63. The van der Waals surface area contributed by atoms with Gasteiger partial charge in [0.2, 0.25) is 0 Å². The second kappa shape index (κ2) is 6.84. The molecule has 1 atom stereocenters. The average Bonchev–Trinajstić information content (AvgIpc) is 3.29. The molecule has 2 aromatic carbocycles. The van der Waals surface area contributed by atoms with Crippen LogP contribution in [0, 0.1) is 12.8 Å². The number of aromatic nitrogens is 1. The van der Waals surface area contributed by atoms with E-state index < -0.39 is 0 Å². The molecule has 1 aliphatic carbocycles. The second-order valence-corrected chi connectivity index (χ2v) is 9.22. The van der Waals surface area contributed by atoms with E-state index in [0.29, 0.717) is 5.78 Å². The Hall–Kier alpha value is -2.04. The molecule has 0 amide bonds. The molecule has 0 bridgehead atoms. The molecule has 4 heteroatoms. The Balaban J connectivity index is 1.40. The van der Waals surface area contributed by atoms with Crippen molar-refractivity contribution in [2.24, 2.45) is 5.92 Å². The molecule has 1 saturated heterocycles. The summed E-state index contributed by atoms with van der Waals surface area (Å²) in [6, 6.07) is 10.7. The molecular weight excluding hydrogens is 352 g/mol. The first kappa shape index (κ1) is 17.1. The molecule has 2 heterocycles.